The van der Waals surface area contributed by atoms with Gasteiger partial charge in [0.15, 0.2) is 0 Å². The summed E-state index contributed by atoms with van der Waals surface area (Å²) in [5.74, 6) is -2.91. The van der Waals surface area contributed by atoms with Crippen molar-refractivity contribution in [1.29, 1.82) is 0 Å². The molecule has 1 aromatic carbocycles. The van der Waals surface area contributed by atoms with Crippen LogP contribution in [0.4, 0.5) is 8.78 Å². The zero-order chi connectivity index (χ0) is 9.19. The van der Waals surface area contributed by atoms with E-state index < -0.39 is 5.92 Å². The first-order valence-corrected chi connectivity index (χ1v) is 3.65. The number of alkyl halides is 2. The highest BCUT2D eigenvalue weighted by Gasteiger charge is 2.26. The molecule has 0 aromatic heterocycles. The summed E-state index contributed by atoms with van der Waals surface area (Å²) in [4.78, 5) is 0. The molecule has 0 amide bonds. The maximum Gasteiger partial charge on any atom is 0.291 e. The van der Waals surface area contributed by atoms with E-state index in [1.807, 2.05) is 6.92 Å². The van der Waals surface area contributed by atoms with Crippen LogP contribution in [0, 0.1) is 6.92 Å². The van der Waals surface area contributed by atoms with E-state index in [0.717, 1.165) is 5.56 Å². The first kappa shape index (κ1) is 8.91. The van der Waals surface area contributed by atoms with Crippen LogP contribution < -0.4 is 0 Å². The molecule has 0 heterocycles. The molecule has 0 atom stereocenters. The van der Waals surface area contributed by atoms with Gasteiger partial charge in [-0.2, -0.15) is 8.78 Å². The number of rotatable bonds is 2. The first-order valence-electron chi connectivity index (χ1n) is 3.65. The molecule has 0 radical (unpaired) electrons. The van der Waals surface area contributed by atoms with Crippen LogP contribution in [0.5, 0.6) is 0 Å². The third-order valence-electron chi connectivity index (χ3n) is 1.69. The smallest absolute Gasteiger partial charge is 0.197 e. The van der Waals surface area contributed by atoms with Crippen molar-refractivity contribution in [3.8, 4) is 0 Å². The molecule has 64 valence electrons. The molecular weight excluding hydrogens is 158 g/mol. The predicted octanol–water partition coefficient (Wildman–Crippen LogP) is 3.27. The van der Waals surface area contributed by atoms with Crippen molar-refractivity contribution in [2.45, 2.75) is 12.8 Å². The lowest BCUT2D eigenvalue weighted by Crippen LogP contribution is -2.08. The number of halogens is 2. The zero-order valence-corrected chi connectivity index (χ0v) is 6.85. The number of hydrogen-bond donors (Lipinski definition) is 0. The summed E-state index contributed by atoms with van der Waals surface area (Å²) in [6.45, 7) is 4.94. The lowest BCUT2D eigenvalue weighted by atomic mass is 10.1. The molecule has 2 heteroatoms. The van der Waals surface area contributed by atoms with Crippen LogP contribution in [-0.4, -0.2) is 0 Å². The Balaban J connectivity index is 3.04. The molecule has 0 N–H and O–H groups in total. The molecule has 0 aliphatic carbocycles. The fraction of sp³-hybridized carbons (Fsp3) is 0.200. The Morgan fingerprint density at radius 1 is 1.25 bits per heavy atom. The molecule has 0 fully saturated rings. The number of hydrogen-bond acceptors (Lipinski definition) is 0. The normalized spacial score (nSPS) is 11.2. The Bertz CT molecular complexity index is 272. The Labute approximate surface area is 70.5 Å². The van der Waals surface area contributed by atoms with Gasteiger partial charge in [-0.15, -0.1) is 0 Å². The summed E-state index contributed by atoms with van der Waals surface area (Å²) in [5, 5.41) is 0. The van der Waals surface area contributed by atoms with Crippen molar-refractivity contribution in [2.75, 3.05) is 0 Å². The Morgan fingerprint density at radius 3 is 2.17 bits per heavy atom. The van der Waals surface area contributed by atoms with Gasteiger partial charge in [0.05, 0.1) is 0 Å². The fourth-order valence-electron chi connectivity index (χ4n) is 0.894. The van der Waals surface area contributed by atoms with Crippen molar-refractivity contribution in [2.24, 2.45) is 0 Å². The second-order valence-electron chi connectivity index (χ2n) is 2.69. The van der Waals surface area contributed by atoms with E-state index >= 15 is 0 Å². The van der Waals surface area contributed by atoms with Gasteiger partial charge in [-0.3, -0.25) is 0 Å². The third-order valence-corrected chi connectivity index (χ3v) is 1.69. The monoisotopic (exact) mass is 168 g/mol. The number of aryl methyl sites for hydroxylation is 1. The minimum absolute atomic E-state index is 0.0110. The maximum atomic E-state index is 12.9. The summed E-state index contributed by atoms with van der Waals surface area (Å²) in [5.41, 5.74) is 0.960. The molecule has 0 spiro atoms. The summed E-state index contributed by atoms with van der Waals surface area (Å²) < 4.78 is 25.8. The van der Waals surface area contributed by atoms with Crippen molar-refractivity contribution in [3.63, 3.8) is 0 Å². The number of allylic oxidation sites excluding steroid dienone is 1. The van der Waals surface area contributed by atoms with E-state index in [-0.39, 0.29) is 5.56 Å². The quantitative estimate of drug-likeness (QED) is 0.594. The highest BCUT2D eigenvalue weighted by molar-refractivity contribution is 5.27. The van der Waals surface area contributed by atoms with E-state index in [4.69, 9.17) is 0 Å². The van der Waals surface area contributed by atoms with E-state index in [1.165, 1.54) is 12.1 Å². The van der Waals surface area contributed by atoms with Crippen molar-refractivity contribution in [3.05, 3.63) is 48.0 Å². The highest BCUT2D eigenvalue weighted by atomic mass is 19.3. The van der Waals surface area contributed by atoms with Gasteiger partial charge in [0.1, 0.15) is 0 Å². The van der Waals surface area contributed by atoms with Gasteiger partial charge in [0.2, 0.25) is 0 Å². The van der Waals surface area contributed by atoms with E-state index in [2.05, 4.69) is 6.58 Å². The van der Waals surface area contributed by atoms with Crippen LogP contribution in [-0.2, 0) is 5.92 Å². The van der Waals surface area contributed by atoms with Crippen LogP contribution in [0.3, 0.4) is 0 Å². The minimum Gasteiger partial charge on any atom is -0.197 e. The van der Waals surface area contributed by atoms with E-state index in [0.29, 0.717) is 6.08 Å². The van der Waals surface area contributed by atoms with Crippen molar-refractivity contribution in [1.82, 2.24) is 0 Å². The molecule has 0 bridgehead atoms. The molecule has 1 aromatic rings. The van der Waals surface area contributed by atoms with Gasteiger partial charge < -0.3 is 0 Å². The summed E-state index contributed by atoms with van der Waals surface area (Å²) in [6, 6.07) is 6.15. The molecule has 0 unspecified atom stereocenters. The largest absolute Gasteiger partial charge is 0.291 e. The second kappa shape index (κ2) is 3.05. The van der Waals surface area contributed by atoms with Crippen LogP contribution in [0.2, 0.25) is 0 Å². The molecule has 0 aliphatic rings. The summed E-state index contributed by atoms with van der Waals surface area (Å²) in [6.07, 6.45) is 0.650. The average Bonchev–Trinajstić information content (AvgIpc) is 2.05. The highest BCUT2D eigenvalue weighted by Crippen LogP contribution is 2.28. The van der Waals surface area contributed by atoms with Gasteiger partial charge in [-0.05, 0) is 13.0 Å². The zero-order valence-electron chi connectivity index (χ0n) is 6.85. The SMILES string of the molecule is C=CC(F)(F)c1ccc(C)cc1. The van der Waals surface area contributed by atoms with Crippen molar-refractivity contribution >= 4 is 0 Å². The van der Waals surface area contributed by atoms with Crippen LogP contribution in [0.1, 0.15) is 11.1 Å². The Morgan fingerprint density at radius 2 is 1.75 bits per heavy atom. The second-order valence-corrected chi connectivity index (χ2v) is 2.69. The first-order chi connectivity index (χ1) is 5.56. The molecule has 0 saturated carbocycles. The van der Waals surface area contributed by atoms with Gasteiger partial charge >= 0.3 is 0 Å². The minimum atomic E-state index is -2.91. The molecule has 1 rings (SSSR count). The standard InChI is InChI=1S/C10H10F2/c1-3-10(11,12)9-6-4-8(2)5-7-9/h3-7H,1H2,2H3. The van der Waals surface area contributed by atoms with E-state index in [9.17, 15) is 8.78 Å². The number of benzene rings is 1. The Kier molecular flexibility index (Phi) is 2.27. The van der Waals surface area contributed by atoms with Gasteiger partial charge in [-0.25, -0.2) is 0 Å². The molecule has 12 heavy (non-hydrogen) atoms. The lowest BCUT2D eigenvalue weighted by molar-refractivity contribution is 0.0525. The molecule has 0 aliphatic heterocycles. The van der Waals surface area contributed by atoms with Crippen LogP contribution in [0.25, 0.3) is 0 Å². The molecule has 0 saturated heterocycles. The van der Waals surface area contributed by atoms with Gasteiger partial charge in [-0.1, -0.05) is 36.4 Å². The summed E-state index contributed by atoms with van der Waals surface area (Å²) >= 11 is 0. The van der Waals surface area contributed by atoms with Crippen LogP contribution >= 0.6 is 0 Å². The third kappa shape index (κ3) is 1.70. The van der Waals surface area contributed by atoms with Gasteiger partial charge in [0, 0.05) is 5.56 Å². The lowest BCUT2D eigenvalue weighted by Gasteiger charge is -2.10. The topological polar surface area (TPSA) is 0 Å². The Hall–Kier alpha value is -1.18. The van der Waals surface area contributed by atoms with Crippen LogP contribution in [0.15, 0.2) is 36.9 Å². The maximum absolute atomic E-state index is 12.9. The van der Waals surface area contributed by atoms with Crippen molar-refractivity contribution < 1.29 is 8.78 Å². The molecular formula is C10H10F2. The van der Waals surface area contributed by atoms with Gasteiger partial charge in [0.25, 0.3) is 5.92 Å². The average molecular weight is 168 g/mol. The fourth-order valence-corrected chi connectivity index (χ4v) is 0.894. The molecule has 0 nitrogen and oxygen atoms in total. The predicted molar refractivity (Wildman–Crippen MR) is 45.3 cm³/mol. The summed E-state index contributed by atoms with van der Waals surface area (Å²) in [7, 11) is 0. The van der Waals surface area contributed by atoms with E-state index in [1.54, 1.807) is 12.1 Å².